The lowest BCUT2D eigenvalue weighted by Crippen LogP contribution is -2.60. The molecule has 3 aromatic carbocycles. The highest BCUT2D eigenvalue weighted by Gasteiger charge is 2.30. The molecular formula is C21H17ClO4S. The predicted molar refractivity (Wildman–Crippen MR) is 95.8 cm³/mol. The topological polar surface area (TPSA) is 78.4 Å². The van der Waals surface area contributed by atoms with Gasteiger partial charge in [-0.15, -0.1) is 0 Å². The first-order valence-electron chi connectivity index (χ1n) is 8.33. The van der Waals surface area contributed by atoms with Gasteiger partial charge in [0.25, 0.3) is 0 Å². The van der Waals surface area contributed by atoms with Crippen LogP contribution in [0.4, 0.5) is 0 Å². The summed E-state index contributed by atoms with van der Waals surface area (Å²) in [5.41, 5.74) is 5.03. The van der Waals surface area contributed by atoms with Crippen LogP contribution in [0.2, 0.25) is 0 Å². The summed E-state index contributed by atoms with van der Waals surface area (Å²) >= 11 is 0. The van der Waals surface area contributed by atoms with Crippen LogP contribution in [0.15, 0.2) is 71.6 Å². The minimum absolute atomic E-state index is 0.697. The van der Waals surface area contributed by atoms with Crippen LogP contribution in [0.25, 0.3) is 5.57 Å². The summed E-state index contributed by atoms with van der Waals surface area (Å²) in [5, 5.41) is 0.890. The van der Waals surface area contributed by atoms with Crippen molar-refractivity contribution in [1.29, 1.82) is 0 Å². The fraction of sp³-hybridized carbons (Fsp3) is 0.0952. The standard InChI is InChI=1S/C21H17ClO4S/c1-14-8-10-19-17(12-14)21(16-6-4-3-5-7-16)18-13-15(2)9-11-20(18)27(19)26-22(23,24)25/h3-13H,1-2H3. The van der Waals surface area contributed by atoms with Gasteiger partial charge in [0.15, 0.2) is 0 Å². The van der Waals surface area contributed by atoms with E-state index >= 15 is 0 Å². The highest BCUT2D eigenvalue weighted by Crippen LogP contribution is 2.42. The summed E-state index contributed by atoms with van der Waals surface area (Å²) in [4.78, 5) is 0.697. The molecule has 0 spiro atoms. The quantitative estimate of drug-likeness (QED) is 0.620. The van der Waals surface area contributed by atoms with Gasteiger partial charge in [0.05, 0.1) is 19.6 Å². The zero-order valence-electron chi connectivity index (χ0n) is 14.8. The third kappa shape index (κ3) is 3.58. The molecule has 0 fully saturated rings. The lowest BCUT2D eigenvalue weighted by molar-refractivity contribution is -1.91. The second-order valence-corrected chi connectivity index (χ2v) is 9.13. The Bertz CT molecular complexity index is 1150. The normalized spacial score (nSPS) is 16.0. The van der Waals surface area contributed by atoms with Crippen molar-refractivity contribution in [3.63, 3.8) is 0 Å². The molecule has 1 heterocycles. The van der Waals surface area contributed by atoms with Gasteiger partial charge >= 0.3 is 0 Å². The van der Waals surface area contributed by atoms with Crippen molar-refractivity contribution in [2.45, 2.75) is 18.7 Å². The summed E-state index contributed by atoms with van der Waals surface area (Å²) in [7, 11) is -5.87. The monoisotopic (exact) mass is 400 g/mol. The van der Waals surface area contributed by atoms with Gasteiger partial charge in [-0.3, -0.25) is 0 Å². The molecule has 0 aliphatic carbocycles. The van der Waals surface area contributed by atoms with E-state index in [9.17, 15) is 14.0 Å². The van der Waals surface area contributed by atoms with Crippen molar-refractivity contribution < 1.29 is 28.0 Å². The predicted octanol–water partition coefficient (Wildman–Crippen LogP) is 1.27. The van der Waals surface area contributed by atoms with Crippen molar-refractivity contribution in [2.75, 3.05) is 0 Å². The zero-order valence-corrected chi connectivity index (χ0v) is 16.3. The molecule has 1 unspecified atom stereocenters. The molecule has 0 amide bonds. The summed E-state index contributed by atoms with van der Waals surface area (Å²) in [6, 6.07) is 21.5. The average molecular weight is 401 g/mol. The molecule has 1 atom stereocenters. The molecule has 1 aliphatic rings. The molecule has 0 aromatic heterocycles. The van der Waals surface area contributed by atoms with Gasteiger partial charge in [0.1, 0.15) is 14.5 Å². The molecular weight excluding hydrogens is 384 g/mol. The van der Waals surface area contributed by atoms with E-state index in [0.717, 1.165) is 33.0 Å². The van der Waals surface area contributed by atoms with E-state index in [-0.39, 0.29) is 0 Å². The maximum absolute atomic E-state index is 11.4. The van der Waals surface area contributed by atoms with Gasteiger partial charge in [-0.25, -0.2) is 0 Å². The Morgan fingerprint density at radius 3 is 2.19 bits per heavy atom. The van der Waals surface area contributed by atoms with Gasteiger partial charge in [-0.05, 0) is 47.9 Å². The maximum atomic E-state index is 11.4. The SMILES string of the molecule is Cc1ccc2c(c1)C(c1ccccc1)=c1cc(C)ccc1=S2O[Cl+3]([O-])([O-])[O-]. The Morgan fingerprint density at radius 1 is 0.815 bits per heavy atom. The highest BCUT2D eigenvalue weighted by molar-refractivity contribution is 8.05. The Hall–Kier alpha value is -1.99. The molecule has 0 bridgehead atoms. The molecule has 1 aliphatic heterocycles. The summed E-state index contributed by atoms with van der Waals surface area (Å²) in [5.74, 6) is 0. The molecule has 0 radical (unpaired) electrons. The van der Waals surface area contributed by atoms with E-state index in [4.69, 9.17) is 3.74 Å². The van der Waals surface area contributed by atoms with Crippen molar-refractivity contribution in [1.82, 2.24) is 0 Å². The van der Waals surface area contributed by atoms with Crippen LogP contribution in [-0.4, -0.2) is 0 Å². The second-order valence-electron chi connectivity index (χ2n) is 6.45. The lowest BCUT2D eigenvalue weighted by atomic mass is 9.93. The smallest absolute Gasteiger partial charge is 0.148 e. The first-order chi connectivity index (χ1) is 12.8. The number of fused-ring (bicyclic) bond motifs is 2. The summed E-state index contributed by atoms with van der Waals surface area (Å²) in [6.45, 7) is 3.96. The average Bonchev–Trinajstić information content (AvgIpc) is 2.61. The fourth-order valence-electron chi connectivity index (χ4n) is 3.33. The molecule has 0 saturated heterocycles. The van der Waals surface area contributed by atoms with Gasteiger partial charge in [-0.1, -0.05) is 65.7 Å². The minimum atomic E-state index is -4.56. The van der Waals surface area contributed by atoms with Crippen LogP contribution in [0, 0.1) is 28.6 Å². The molecule has 0 saturated carbocycles. The molecule has 27 heavy (non-hydrogen) atoms. The van der Waals surface area contributed by atoms with E-state index in [1.807, 2.05) is 80.6 Å². The number of halogens is 1. The Balaban J connectivity index is 2.20. The zero-order chi connectivity index (χ0) is 19.2. The van der Waals surface area contributed by atoms with Crippen molar-refractivity contribution in [3.05, 3.63) is 98.7 Å². The van der Waals surface area contributed by atoms with Gasteiger partial charge < -0.3 is 0 Å². The minimum Gasteiger partial charge on any atom is -0.182 e. The second kappa shape index (κ2) is 6.87. The number of aryl methyl sites for hydroxylation is 2. The third-order valence-electron chi connectivity index (χ3n) is 4.41. The van der Waals surface area contributed by atoms with E-state index in [0.29, 0.717) is 9.41 Å². The summed E-state index contributed by atoms with van der Waals surface area (Å²) < 4.78 is 39.9. The third-order valence-corrected chi connectivity index (χ3v) is 7.04. The van der Waals surface area contributed by atoms with Crippen LogP contribution >= 0.6 is 10.8 Å². The molecule has 4 nitrogen and oxygen atoms in total. The summed E-state index contributed by atoms with van der Waals surface area (Å²) in [6.07, 6.45) is 0. The Kier molecular flexibility index (Phi) is 4.68. The van der Waals surface area contributed by atoms with Gasteiger partial charge in [0, 0.05) is 0 Å². The number of hydrogen-bond donors (Lipinski definition) is 0. The largest absolute Gasteiger partial charge is 0.182 e. The Labute approximate surface area is 161 Å². The van der Waals surface area contributed by atoms with Crippen molar-refractivity contribution in [2.24, 2.45) is 0 Å². The maximum Gasteiger partial charge on any atom is 0.148 e. The number of benzene rings is 3. The molecule has 6 heteroatoms. The van der Waals surface area contributed by atoms with Crippen LogP contribution in [-0.2, 0) is 3.74 Å². The lowest BCUT2D eigenvalue weighted by Gasteiger charge is -2.21. The van der Waals surface area contributed by atoms with Crippen LogP contribution < -0.4 is 19.2 Å². The molecule has 138 valence electrons. The van der Waals surface area contributed by atoms with E-state index in [1.165, 1.54) is 0 Å². The van der Waals surface area contributed by atoms with Gasteiger partial charge in [-0.2, -0.15) is 14.0 Å². The fourth-order valence-corrected chi connectivity index (χ4v) is 5.83. The first-order valence-corrected chi connectivity index (χ1v) is 10.7. The molecule has 3 aromatic rings. The first kappa shape index (κ1) is 18.4. The van der Waals surface area contributed by atoms with Crippen molar-refractivity contribution in [3.8, 4) is 0 Å². The van der Waals surface area contributed by atoms with E-state index in [1.54, 1.807) is 0 Å². The molecule has 4 rings (SSSR count). The number of hydrogen-bond acceptors (Lipinski definition) is 4. The van der Waals surface area contributed by atoms with E-state index in [2.05, 4.69) is 0 Å². The highest BCUT2D eigenvalue weighted by atomic mass is 35.7. The van der Waals surface area contributed by atoms with Gasteiger partial charge in [0.2, 0.25) is 0 Å². The van der Waals surface area contributed by atoms with Crippen LogP contribution in [0.1, 0.15) is 22.3 Å². The van der Waals surface area contributed by atoms with Crippen LogP contribution in [0.5, 0.6) is 0 Å². The number of rotatable bonds is 3. The van der Waals surface area contributed by atoms with E-state index < -0.39 is 21.0 Å². The van der Waals surface area contributed by atoms with Crippen molar-refractivity contribution >= 4 is 16.3 Å². The van der Waals surface area contributed by atoms with Crippen LogP contribution in [0.3, 0.4) is 0 Å². The molecule has 0 N–H and O–H groups in total. The Morgan fingerprint density at radius 2 is 1.48 bits per heavy atom.